The lowest BCUT2D eigenvalue weighted by Crippen LogP contribution is -1.97. The number of fused-ring (bicyclic) bond motifs is 1. The first-order chi connectivity index (χ1) is 9.06. The molecule has 96 valence electrons. The Bertz CT molecular complexity index is 780. The quantitative estimate of drug-likeness (QED) is 0.528. The lowest BCUT2D eigenvalue weighted by molar-refractivity contribution is 0.629. The summed E-state index contributed by atoms with van der Waals surface area (Å²) in [6, 6.07) is 10.4. The first-order valence-electron chi connectivity index (χ1n) is 5.73. The van der Waals surface area contributed by atoms with Crippen LogP contribution in [0.15, 0.2) is 36.4 Å². The van der Waals surface area contributed by atoms with Gasteiger partial charge in [-0.3, -0.25) is 0 Å². The van der Waals surface area contributed by atoms with E-state index in [0.29, 0.717) is 5.69 Å². The molecular weight excluding hydrogens is 356 g/mol. The van der Waals surface area contributed by atoms with Crippen molar-refractivity contribution in [3.63, 3.8) is 0 Å². The molecule has 0 aliphatic carbocycles. The molecule has 3 rings (SSSR count). The van der Waals surface area contributed by atoms with Gasteiger partial charge in [0.15, 0.2) is 0 Å². The van der Waals surface area contributed by atoms with E-state index >= 15 is 0 Å². The minimum atomic E-state index is -0.266. The lowest BCUT2D eigenvalue weighted by Gasteiger charge is -2.06. The zero-order valence-corrected chi connectivity index (χ0v) is 12.3. The second-order valence-electron chi connectivity index (χ2n) is 4.36. The van der Waals surface area contributed by atoms with E-state index in [0.717, 1.165) is 26.0 Å². The number of nitrogen functional groups attached to an aromatic ring is 1. The number of hydrogen-bond acceptors (Lipinski definition) is 2. The van der Waals surface area contributed by atoms with Crippen LogP contribution in [0.25, 0.3) is 22.4 Å². The SMILES string of the molecule is Cn1c(-c2cc(I)ccc2N)nc2ccc(F)cc21. The molecule has 0 amide bonds. The van der Waals surface area contributed by atoms with Crippen LogP contribution in [0.2, 0.25) is 0 Å². The predicted octanol–water partition coefficient (Wildman–Crippen LogP) is 3.57. The molecule has 2 N–H and O–H groups in total. The molecule has 3 aromatic rings. The van der Waals surface area contributed by atoms with Crippen molar-refractivity contribution in [2.75, 3.05) is 5.73 Å². The van der Waals surface area contributed by atoms with Crippen molar-refractivity contribution in [2.24, 2.45) is 7.05 Å². The number of rotatable bonds is 1. The highest BCUT2D eigenvalue weighted by Crippen LogP contribution is 2.29. The van der Waals surface area contributed by atoms with Gasteiger partial charge in [0.1, 0.15) is 11.6 Å². The smallest absolute Gasteiger partial charge is 0.142 e. The van der Waals surface area contributed by atoms with Gasteiger partial charge in [-0.2, -0.15) is 0 Å². The van der Waals surface area contributed by atoms with Crippen molar-refractivity contribution in [3.05, 3.63) is 45.8 Å². The highest BCUT2D eigenvalue weighted by Gasteiger charge is 2.13. The highest BCUT2D eigenvalue weighted by molar-refractivity contribution is 14.1. The first kappa shape index (κ1) is 12.4. The minimum Gasteiger partial charge on any atom is -0.398 e. The van der Waals surface area contributed by atoms with Gasteiger partial charge in [0.2, 0.25) is 0 Å². The second kappa shape index (κ2) is 4.48. The topological polar surface area (TPSA) is 43.8 Å². The molecule has 1 aromatic heterocycles. The summed E-state index contributed by atoms with van der Waals surface area (Å²) < 4.78 is 16.2. The Kier molecular flexibility index (Phi) is 2.93. The summed E-state index contributed by atoms with van der Waals surface area (Å²) in [6.45, 7) is 0. The standard InChI is InChI=1S/C14H11FIN3/c1-19-13-6-8(15)2-5-12(13)18-14(19)10-7-9(16)3-4-11(10)17/h2-7H,17H2,1H3. The fraction of sp³-hybridized carbons (Fsp3) is 0.0714. The molecule has 1 heterocycles. The van der Waals surface area contributed by atoms with Crippen molar-refractivity contribution >= 4 is 39.3 Å². The molecule has 0 bridgehead atoms. The molecule has 0 aliphatic rings. The van der Waals surface area contributed by atoms with Crippen LogP contribution in [0.4, 0.5) is 10.1 Å². The van der Waals surface area contributed by atoms with Crippen LogP contribution >= 0.6 is 22.6 Å². The van der Waals surface area contributed by atoms with Crippen molar-refractivity contribution in [1.82, 2.24) is 9.55 Å². The average Bonchev–Trinajstić information content (AvgIpc) is 2.70. The number of anilines is 1. The van der Waals surface area contributed by atoms with E-state index in [-0.39, 0.29) is 5.82 Å². The lowest BCUT2D eigenvalue weighted by atomic mass is 10.2. The molecule has 0 radical (unpaired) electrons. The molecule has 5 heteroatoms. The van der Waals surface area contributed by atoms with E-state index in [9.17, 15) is 4.39 Å². The number of aryl methyl sites for hydroxylation is 1. The second-order valence-corrected chi connectivity index (χ2v) is 5.60. The molecule has 0 spiro atoms. The van der Waals surface area contributed by atoms with Crippen molar-refractivity contribution < 1.29 is 4.39 Å². The monoisotopic (exact) mass is 367 g/mol. The Labute approximate surface area is 123 Å². The van der Waals surface area contributed by atoms with E-state index in [1.165, 1.54) is 12.1 Å². The molecular formula is C14H11FIN3. The van der Waals surface area contributed by atoms with E-state index in [4.69, 9.17) is 5.73 Å². The fourth-order valence-corrected chi connectivity index (χ4v) is 2.62. The predicted molar refractivity (Wildman–Crippen MR) is 83.2 cm³/mol. The average molecular weight is 367 g/mol. The van der Waals surface area contributed by atoms with Crippen LogP contribution in [0.1, 0.15) is 0 Å². The summed E-state index contributed by atoms with van der Waals surface area (Å²) in [6.07, 6.45) is 0. The van der Waals surface area contributed by atoms with E-state index in [1.807, 2.05) is 29.8 Å². The number of benzene rings is 2. The summed E-state index contributed by atoms with van der Waals surface area (Å²) >= 11 is 2.23. The summed E-state index contributed by atoms with van der Waals surface area (Å²) in [5.41, 5.74) is 9.06. The number of nitrogens with two attached hydrogens (primary N) is 1. The molecule has 0 fully saturated rings. The summed E-state index contributed by atoms with van der Waals surface area (Å²) in [4.78, 5) is 4.54. The first-order valence-corrected chi connectivity index (χ1v) is 6.81. The molecule has 0 saturated carbocycles. The maximum atomic E-state index is 13.3. The Morgan fingerprint density at radius 1 is 1.21 bits per heavy atom. The summed E-state index contributed by atoms with van der Waals surface area (Å²) in [5.74, 6) is 0.481. The van der Waals surface area contributed by atoms with Gasteiger partial charge in [-0.15, -0.1) is 0 Å². The molecule has 2 aromatic carbocycles. The minimum absolute atomic E-state index is 0.266. The van der Waals surface area contributed by atoms with E-state index < -0.39 is 0 Å². The van der Waals surface area contributed by atoms with Crippen molar-refractivity contribution in [2.45, 2.75) is 0 Å². The summed E-state index contributed by atoms with van der Waals surface area (Å²) in [7, 11) is 1.86. The van der Waals surface area contributed by atoms with Gasteiger partial charge in [-0.05, 0) is 59.0 Å². The molecule has 0 atom stereocenters. The van der Waals surface area contributed by atoms with Gasteiger partial charge in [0.05, 0.1) is 11.0 Å². The normalized spacial score (nSPS) is 11.1. The van der Waals surface area contributed by atoms with Crippen LogP contribution in [0, 0.1) is 9.39 Å². The third-order valence-electron chi connectivity index (χ3n) is 3.10. The largest absolute Gasteiger partial charge is 0.398 e. The van der Waals surface area contributed by atoms with Gasteiger partial charge in [0.25, 0.3) is 0 Å². The molecule has 19 heavy (non-hydrogen) atoms. The van der Waals surface area contributed by atoms with Crippen LogP contribution in [-0.2, 0) is 7.05 Å². The maximum absolute atomic E-state index is 13.3. The van der Waals surface area contributed by atoms with Crippen LogP contribution in [0.3, 0.4) is 0 Å². The van der Waals surface area contributed by atoms with Gasteiger partial charge < -0.3 is 10.3 Å². The third-order valence-corrected chi connectivity index (χ3v) is 3.77. The fourth-order valence-electron chi connectivity index (χ4n) is 2.13. The van der Waals surface area contributed by atoms with Gasteiger partial charge in [-0.1, -0.05) is 0 Å². The van der Waals surface area contributed by atoms with Crippen LogP contribution in [0.5, 0.6) is 0 Å². The van der Waals surface area contributed by atoms with Crippen LogP contribution < -0.4 is 5.73 Å². The van der Waals surface area contributed by atoms with Crippen molar-refractivity contribution in [1.29, 1.82) is 0 Å². The highest BCUT2D eigenvalue weighted by atomic mass is 127. The number of imidazole rings is 1. The third kappa shape index (κ3) is 2.07. The van der Waals surface area contributed by atoms with Gasteiger partial charge in [0, 0.05) is 21.9 Å². The molecule has 0 unspecified atom stereocenters. The van der Waals surface area contributed by atoms with Crippen molar-refractivity contribution in [3.8, 4) is 11.4 Å². The molecule has 3 nitrogen and oxygen atoms in total. The zero-order chi connectivity index (χ0) is 13.6. The molecule has 0 saturated heterocycles. The Balaban J connectivity index is 2.31. The number of halogens is 2. The number of hydrogen-bond donors (Lipinski definition) is 1. The van der Waals surface area contributed by atoms with Gasteiger partial charge in [-0.25, -0.2) is 9.37 Å². The number of nitrogens with zero attached hydrogens (tertiary/aromatic N) is 2. The number of aromatic nitrogens is 2. The zero-order valence-electron chi connectivity index (χ0n) is 10.2. The molecule has 0 aliphatic heterocycles. The summed E-state index contributed by atoms with van der Waals surface area (Å²) in [5, 5.41) is 0. The van der Waals surface area contributed by atoms with E-state index in [2.05, 4.69) is 27.6 Å². The van der Waals surface area contributed by atoms with E-state index in [1.54, 1.807) is 6.07 Å². The van der Waals surface area contributed by atoms with Gasteiger partial charge >= 0.3 is 0 Å². The Morgan fingerprint density at radius 3 is 2.79 bits per heavy atom. The maximum Gasteiger partial charge on any atom is 0.142 e. The Hall–Kier alpha value is -1.63. The van der Waals surface area contributed by atoms with Crippen LogP contribution in [-0.4, -0.2) is 9.55 Å². The Morgan fingerprint density at radius 2 is 2.00 bits per heavy atom.